The highest BCUT2D eigenvalue weighted by Gasteiger charge is 2.39. The molecule has 0 saturated carbocycles. The predicted octanol–water partition coefficient (Wildman–Crippen LogP) is 5.36. The lowest BCUT2D eigenvalue weighted by molar-refractivity contribution is -0.133. The van der Waals surface area contributed by atoms with Crippen LogP contribution in [-0.2, 0) is 16.1 Å². The number of benzene rings is 2. The number of hydroxylamine groups is 1. The minimum absolute atomic E-state index is 0.0164. The lowest BCUT2D eigenvalue weighted by Crippen LogP contribution is -2.43. The summed E-state index contributed by atoms with van der Waals surface area (Å²) in [4.78, 5) is 16.7. The second kappa shape index (κ2) is 12.6. The number of amides is 1. The Hall–Kier alpha value is -3.70. The topological polar surface area (TPSA) is 117 Å². The lowest BCUT2D eigenvalue weighted by atomic mass is 9.92. The van der Waals surface area contributed by atoms with Crippen LogP contribution in [0.3, 0.4) is 0 Å². The summed E-state index contributed by atoms with van der Waals surface area (Å²) in [5.74, 6) is 2.17. The zero-order valence-electron chi connectivity index (χ0n) is 24.8. The van der Waals surface area contributed by atoms with Crippen molar-refractivity contribution in [2.75, 3.05) is 35.0 Å². The second-order valence-electron chi connectivity index (χ2n) is 10.8. The molecule has 11 heteroatoms. The smallest absolute Gasteiger partial charge is 0.284 e. The van der Waals surface area contributed by atoms with Gasteiger partial charge in [-0.15, -0.1) is 0 Å². The van der Waals surface area contributed by atoms with Gasteiger partial charge in [0.1, 0.15) is 5.75 Å². The first-order valence-corrected chi connectivity index (χ1v) is 15.8. The van der Waals surface area contributed by atoms with Gasteiger partial charge >= 0.3 is 0 Å². The van der Waals surface area contributed by atoms with E-state index in [2.05, 4.69) is 39.0 Å². The maximum Gasteiger partial charge on any atom is 0.284 e. The summed E-state index contributed by atoms with van der Waals surface area (Å²) in [7, 11) is 4.17. The Morgan fingerprint density at radius 2 is 1.62 bits per heavy atom. The van der Waals surface area contributed by atoms with E-state index in [1.165, 1.54) is 5.48 Å². The van der Waals surface area contributed by atoms with Crippen LogP contribution in [0.15, 0.2) is 35.5 Å². The van der Waals surface area contributed by atoms with Crippen LogP contribution in [0.2, 0.25) is 18.1 Å². The fraction of sp³-hybridized carbons (Fsp3) is 0.448. The van der Waals surface area contributed by atoms with Crippen molar-refractivity contribution in [2.24, 2.45) is 5.16 Å². The van der Waals surface area contributed by atoms with E-state index in [4.69, 9.17) is 33.4 Å². The molecule has 0 atom stereocenters. The molecule has 218 valence electrons. The SMILES string of the molecule is COc1ccc(C2=C/C(=N\OCC(=O)NO)CCc3c2cc(OC)c(OC)c3OC)cc1O[Si](C)(C)C(C)(C)C. The molecule has 0 bridgehead atoms. The second-order valence-corrected chi connectivity index (χ2v) is 15.6. The van der Waals surface area contributed by atoms with Crippen molar-refractivity contribution in [2.45, 2.75) is 51.7 Å². The van der Waals surface area contributed by atoms with E-state index in [1.54, 1.807) is 28.4 Å². The Morgan fingerprint density at radius 1 is 0.950 bits per heavy atom. The number of nitrogens with one attached hydrogen (secondary N) is 1. The van der Waals surface area contributed by atoms with Crippen LogP contribution < -0.4 is 28.9 Å². The number of oxime groups is 1. The summed E-state index contributed by atoms with van der Waals surface area (Å²) in [6, 6.07) is 7.74. The maximum absolute atomic E-state index is 11.5. The molecule has 0 aliphatic heterocycles. The molecule has 3 rings (SSSR count). The number of methoxy groups -OCH3 is 4. The predicted molar refractivity (Wildman–Crippen MR) is 156 cm³/mol. The van der Waals surface area contributed by atoms with Crippen molar-refractivity contribution in [1.29, 1.82) is 0 Å². The van der Waals surface area contributed by atoms with Gasteiger partial charge in [0.25, 0.3) is 14.2 Å². The van der Waals surface area contributed by atoms with Gasteiger partial charge in [0.15, 0.2) is 23.9 Å². The summed E-state index contributed by atoms with van der Waals surface area (Å²) < 4.78 is 29.5. The summed E-state index contributed by atoms with van der Waals surface area (Å²) in [6.07, 6.45) is 2.95. The first kappa shape index (κ1) is 30.8. The van der Waals surface area contributed by atoms with Crippen LogP contribution in [0.25, 0.3) is 5.57 Å². The summed E-state index contributed by atoms with van der Waals surface area (Å²) in [5.41, 5.74) is 5.59. The van der Waals surface area contributed by atoms with E-state index in [0.29, 0.717) is 47.3 Å². The third kappa shape index (κ3) is 6.53. The summed E-state index contributed by atoms with van der Waals surface area (Å²) in [5, 5.41) is 13.0. The highest BCUT2D eigenvalue weighted by Crippen LogP contribution is 2.47. The zero-order valence-corrected chi connectivity index (χ0v) is 25.8. The van der Waals surface area contributed by atoms with Crippen LogP contribution in [-0.4, -0.2) is 60.2 Å². The molecule has 0 fully saturated rings. The fourth-order valence-corrected chi connectivity index (χ4v) is 5.16. The molecule has 0 aromatic heterocycles. The highest BCUT2D eigenvalue weighted by molar-refractivity contribution is 6.74. The molecule has 2 aromatic carbocycles. The molecular formula is C29H40N2O8Si. The Balaban J connectivity index is 2.25. The Kier molecular flexibility index (Phi) is 9.75. The Labute approximate surface area is 236 Å². The van der Waals surface area contributed by atoms with Gasteiger partial charge in [-0.2, -0.15) is 0 Å². The molecule has 2 aromatic rings. The molecule has 2 N–H and O–H groups in total. The number of nitrogens with zero attached hydrogens (tertiary/aromatic N) is 1. The van der Waals surface area contributed by atoms with Crippen LogP contribution in [0.5, 0.6) is 28.7 Å². The average molecular weight is 573 g/mol. The summed E-state index contributed by atoms with van der Waals surface area (Å²) in [6.45, 7) is 10.5. The van der Waals surface area contributed by atoms with E-state index >= 15 is 0 Å². The van der Waals surface area contributed by atoms with Crippen molar-refractivity contribution in [1.82, 2.24) is 5.48 Å². The van der Waals surface area contributed by atoms with Gasteiger partial charge in [-0.25, -0.2) is 5.48 Å². The van der Waals surface area contributed by atoms with Gasteiger partial charge in [-0.1, -0.05) is 32.0 Å². The van der Waals surface area contributed by atoms with Gasteiger partial charge in [0, 0.05) is 5.56 Å². The number of allylic oxidation sites excluding steroid dienone is 1. The fourth-order valence-electron chi connectivity index (χ4n) is 4.14. The molecule has 0 heterocycles. The van der Waals surface area contributed by atoms with Crippen molar-refractivity contribution in [3.63, 3.8) is 0 Å². The van der Waals surface area contributed by atoms with Gasteiger partial charge in [0.05, 0.1) is 34.2 Å². The molecule has 0 unspecified atom stereocenters. The van der Waals surface area contributed by atoms with Crippen molar-refractivity contribution in [3.05, 3.63) is 47.0 Å². The standard InChI is InChI=1S/C29H40N2O8Si/c1-29(2,3)40(8,9)39-24-14-18(10-13-23(24)34-4)21-15-19(31-38-17-26(32)30-33)11-12-20-22(21)16-25(35-5)28(37-7)27(20)36-6/h10,13-16,33H,11-12,17H2,1-9H3,(H,30,32)/b31-19-. The molecule has 1 amide bonds. The van der Waals surface area contributed by atoms with Crippen molar-refractivity contribution >= 4 is 25.5 Å². The van der Waals surface area contributed by atoms with Crippen molar-refractivity contribution in [3.8, 4) is 28.7 Å². The Morgan fingerprint density at radius 3 is 2.20 bits per heavy atom. The van der Waals surface area contributed by atoms with Crippen LogP contribution >= 0.6 is 0 Å². The molecule has 0 spiro atoms. The third-order valence-corrected chi connectivity index (χ3v) is 11.7. The number of fused-ring (bicyclic) bond motifs is 1. The summed E-state index contributed by atoms with van der Waals surface area (Å²) >= 11 is 0. The average Bonchev–Trinajstić information content (AvgIpc) is 3.10. The van der Waals surface area contributed by atoms with Crippen LogP contribution in [0.4, 0.5) is 0 Å². The zero-order chi connectivity index (χ0) is 29.7. The lowest BCUT2D eigenvalue weighted by Gasteiger charge is -2.37. The Bertz CT molecular complexity index is 1300. The minimum Gasteiger partial charge on any atom is -0.541 e. The number of carbonyl (C=O) groups is 1. The third-order valence-electron chi connectivity index (χ3n) is 7.31. The van der Waals surface area contributed by atoms with E-state index in [-0.39, 0.29) is 5.04 Å². The van der Waals surface area contributed by atoms with Gasteiger partial charge in [-0.05, 0) is 71.9 Å². The first-order chi connectivity index (χ1) is 18.9. The van der Waals surface area contributed by atoms with E-state index < -0.39 is 20.8 Å². The van der Waals surface area contributed by atoms with E-state index in [1.807, 2.05) is 30.3 Å². The van der Waals surface area contributed by atoms with E-state index in [0.717, 1.165) is 22.3 Å². The molecule has 0 saturated heterocycles. The molecule has 40 heavy (non-hydrogen) atoms. The quantitative estimate of drug-likeness (QED) is 0.222. The molecule has 0 radical (unpaired) electrons. The molecule has 1 aliphatic carbocycles. The molecule has 1 aliphatic rings. The molecular weight excluding hydrogens is 532 g/mol. The highest BCUT2D eigenvalue weighted by atomic mass is 28.4. The van der Waals surface area contributed by atoms with Crippen LogP contribution in [0, 0.1) is 0 Å². The maximum atomic E-state index is 11.5. The largest absolute Gasteiger partial charge is 0.541 e. The number of hydrogen-bond acceptors (Lipinski definition) is 9. The van der Waals surface area contributed by atoms with Gasteiger partial charge in [0.2, 0.25) is 5.75 Å². The number of carbonyl (C=O) groups excluding carboxylic acids is 1. The normalized spacial score (nSPS) is 14.4. The van der Waals surface area contributed by atoms with Crippen molar-refractivity contribution < 1.29 is 38.2 Å². The number of hydrogen-bond donors (Lipinski definition) is 2. The van der Waals surface area contributed by atoms with Crippen LogP contribution in [0.1, 0.15) is 43.9 Å². The minimum atomic E-state index is -2.19. The number of ether oxygens (including phenoxy) is 4. The number of rotatable bonds is 10. The molecule has 10 nitrogen and oxygen atoms in total. The monoisotopic (exact) mass is 572 g/mol. The van der Waals surface area contributed by atoms with Gasteiger partial charge in [-0.3, -0.25) is 10.0 Å². The van der Waals surface area contributed by atoms with Gasteiger partial charge < -0.3 is 28.2 Å². The first-order valence-electron chi connectivity index (χ1n) is 12.9. The van der Waals surface area contributed by atoms with E-state index in [9.17, 15) is 4.79 Å².